The summed E-state index contributed by atoms with van der Waals surface area (Å²) in [7, 11) is 0. The summed E-state index contributed by atoms with van der Waals surface area (Å²) in [6.45, 7) is 3.62. The maximum absolute atomic E-state index is 13.6. The van der Waals surface area contributed by atoms with Crippen molar-refractivity contribution in [1.82, 2.24) is 15.0 Å². The highest BCUT2D eigenvalue weighted by Gasteiger charge is 2.12. The third-order valence-electron chi connectivity index (χ3n) is 2.00. The minimum absolute atomic E-state index is 0.0189. The molecule has 0 aliphatic carbocycles. The molecule has 0 saturated carbocycles. The summed E-state index contributed by atoms with van der Waals surface area (Å²) in [6, 6.07) is 4.14. The lowest BCUT2D eigenvalue weighted by Gasteiger charge is -2.09. The molecule has 0 fully saturated rings. The molecule has 0 radical (unpaired) electrons. The number of hydrogen-bond acceptors (Lipinski definition) is 5. The maximum Gasteiger partial charge on any atom is 0.329 e. The molecule has 2 rings (SSSR count). The molecule has 0 aliphatic heterocycles. The van der Waals surface area contributed by atoms with Gasteiger partial charge >= 0.3 is 12.0 Å². The average Bonchev–Trinajstić information content (AvgIpc) is 2.32. The fourth-order valence-electron chi connectivity index (χ4n) is 1.28. The first kappa shape index (κ1) is 14.9. The van der Waals surface area contributed by atoms with Gasteiger partial charge in [0.25, 0.3) is 0 Å². The molecule has 0 saturated heterocycles. The normalized spacial score (nSPS) is 10.7. The lowest BCUT2D eigenvalue weighted by molar-refractivity contribution is 0.218. The Morgan fingerprint density at radius 2 is 1.90 bits per heavy atom. The lowest BCUT2D eigenvalue weighted by Crippen LogP contribution is -2.09. The number of hydrogen-bond donors (Lipinski definition) is 0. The SMILES string of the molecule is CC(C)Oc1nc(Cl)nc(Oc2cc(Br)ccc2F)n1. The van der Waals surface area contributed by atoms with E-state index in [-0.39, 0.29) is 29.2 Å². The second-order valence-electron chi connectivity index (χ2n) is 4.01. The molecule has 0 bridgehead atoms. The van der Waals surface area contributed by atoms with Gasteiger partial charge in [0.2, 0.25) is 5.28 Å². The van der Waals surface area contributed by atoms with Crippen LogP contribution in [0.1, 0.15) is 13.8 Å². The first-order valence-corrected chi connectivity index (χ1v) is 6.82. The Balaban J connectivity index is 2.28. The smallest absolute Gasteiger partial charge is 0.329 e. The van der Waals surface area contributed by atoms with Crippen molar-refractivity contribution < 1.29 is 13.9 Å². The molecule has 0 unspecified atom stereocenters. The topological polar surface area (TPSA) is 57.1 Å². The third kappa shape index (κ3) is 4.01. The van der Waals surface area contributed by atoms with Gasteiger partial charge in [-0.2, -0.15) is 9.97 Å². The van der Waals surface area contributed by atoms with Crippen LogP contribution in [0.25, 0.3) is 0 Å². The number of aromatic nitrogens is 3. The number of ether oxygens (including phenoxy) is 2. The van der Waals surface area contributed by atoms with Crippen LogP contribution in [0.2, 0.25) is 5.28 Å². The molecule has 1 heterocycles. The summed E-state index contributed by atoms with van der Waals surface area (Å²) in [5.74, 6) is -0.576. The van der Waals surface area contributed by atoms with Crippen LogP contribution in [0.5, 0.6) is 17.8 Å². The van der Waals surface area contributed by atoms with E-state index >= 15 is 0 Å². The minimum Gasteiger partial charge on any atom is -0.461 e. The second kappa shape index (κ2) is 6.32. The molecule has 0 atom stereocenters. The van der Waals surface area contributed by atoms with Crippen LogP contribution in [0.3, 0.4) is 0 Å². The monoisotopic (exact) mass is 361 g/mol. The predicted octanol–water partition coefficient (Wildman–Crippen LogP) is 4.01. The van der Waals surface area contributed by atoms with E-state index in [4.69, 9.17) is 21.1 Å². The molecule has 20 heavy (non-hydrogen) atoms. The van der Waals surface area contributed by atoms with Crippen LogP contribution < -0.4 is 9.47 Å². The summed E-state index contributed by atoms with van der Waals surface area (Å²) in [6.07, 6.45) is -0.135. The molecule has 1 aromatic heterocycles. The zero-order valence-electron chi connectivity index (χ0n) is 10.6. The van der Waals surface area contributed by atoms with E-state index in [9.17, 15) is 4.39 Å². The molecule has 1 aromatic carbocycles. The summed E-state index contributed by atoms with van der Waals surface area (Å²) in [5, 5.41) is -0.0962. The highest BCUT2D eigenvalue weighted by atomic mass is 79.9. The van der Waals surface area contributed by atoms with E-state index in [0.29, 0.717) is 4.47 Å². The summed E-state index contributed by atoms with van der Waals surface area (Å²) < 4.78 is 24.8. The molecule has 0 aliphatic rings. The van der Waals surface area contributed by atoms with Crippen LogP contribution in [0, 0.1) is 5.82 Å². The van der Waals surface area contributed by atoms with Gasteiger partial charge in [-0.1, -0.05) is 15.9 Å². The molecule has 0 amide bonds. The van der Waals surface area contributed by atoms with Gasteiger partial charge in [0.15, 0.2) is 11.6 Å². The fraction of sp³-hybridized carbons (Fsp3) is 0.250. The molecular formula is C12H10BrClFN3O2. The number of rotatable bonds is 4. The van der Waals surface area contributed by atoms with Gasteiger partial charge in [0.05, 0.1) is 6.10 Å². The Hall–Kier alpha value is -1.47. The van der Waals surface area contributed by atoms with E-state index in [1.54, 1.807) is 6.07 Å². The summed E-state index contributed by atoms with van der Waals surface area (Å²) in [5.41, 5.74) is 0. The molecule has 0 N–H and O–H groups in total. The Morgan fingerprint density at radius 3 is 2.60 bits per heavy atom. The van der Waals surface area contributed by atoms with Crippen molar-refractivity contribution >= 4 is 27.5 Å². The van der Waals surface area contributed by atoms with Crippen molar-refractivity contribution in [2.24, 2.45) is 0 Å². The van der Waals surface area contributed by atoms with Crippen LogP contribution in [0.15, 0.2) is 22.7 Å². The number of nitrogens with zero attached hydrogens (tertiary/aromatic N) is 3. The maximum atomic E-state index is 13.6. The molecule has 106 valence electrons. The highest BCUT2D eigenvalue weighted by molar-refractivity contribution is 9.10. The lowest BCUT2D eigenvalue weighted by atomic mass is 10.3. The van der Waals surface area contributed by atoms with E-state index in [2.05, 4.69) is 30.9 Å². The Kier molecular flexibility index (Phi) is 4.72. The first-order chi connectivity index (χ1) is 9.44. The second-order valence-corrected chi connectivity index (χ2v) is 5.27. The number of halogens is 3. The van der Waals surface area contributed by atoms with Gasteiger partial charge in [-0.15, -0.1) is 4.98 Å². The molecule has 5 nitrogen and oxygen atoms in total. The fourth-order valence-corrected chi connectivity index (χ4v) is 1.76. The van der Waals surface area contributed by atoms with Gasteiger partial charge in [-0.3, -0.25) is 0 Å². The van der Waals surface area contributed by atoms with Crippen LogP contribution in [-0.2, 0) is 0 Å². The molecular weight excluding hydrogens is 353 g/mol. The van der Waals surface area contributed by atoms with E-state index in [1.165, 1.54) is 12.1 Å². The van der Waals surface area contributed by atoms with Crippen LogP contribution in [0.4, 0.5) is 4.39 Å². The third-order valence-corrected chi connectivity index (χ3v) is 2.66. The van der Waals surface area contributed by atoms with Gasteiger partial charge in [-0.05, 0) is 43.6 Å². The van der Waals surface area contributed by atoms with Crippen molar-refractivity contribution in [2.75, 3.05) is 0 Å². The molecule has 2 aromatic rings. The van der Waals surface area contributed by atoms with Gasteiger partial charge in [-0.25, -0.2) is 4.39 Å². The minimum atomic E-state index is -0.545. The molecule has 8 heteroatoms. The van der Waals surface area contributed by atoms with Gasteiger partial charge in [0.1, 0.15) is 0 Å². The van der Waals surface area contributed by atoms with E-state index in [1.807, 2.05) is 13.8 Å². The zero-order valence-corrected chi connectivity index (χ0v) is 12.9. The van der Waals surface area contributed by atoms with Crippen molar-refractivity contribution in [2.45, 2.75) is 20.0 Å². The standard InChI is InChI=1S/C12H10BrClFN3O2/c1-6(2)19-11-16-10(14)17-12(18-11)20-9-5-7(13)3-4-8(9)15/h3-6H,1-2H3. The highest BCUT2D eigenvalue weighted by Crippen LogP contribution is 2.26. The van der Waals surface area contributed by atoms with Crippen LogP contribution >= 0.6 is 27.5 Å². The van der Waals surface area contributed by atoms with E-state index in [0.717, 1.165) is 0 Å². The zero-order chi connectivity index (χ0) is 14.7. The first-order valence-electron chi connectivity index (χ1n) is 5.65. The quantitative estimate of drug-likeness (QED) is 0.822. The summed E-state index contributed by atoms with van der Waals surface area (Å²) >= 11 is 8.97. The Labute approximate surface area is 128 Å². The van der Waals surface area contributed by atoms with E-state index < -0.39 is 5.82 Å². The Bertz CT molecular complexity index is 628. The van der Waals surface area contributed by atoms with Crippen LogP contribution in [-0.4, -0.2) is 21.1 Å². The van der Waals surface area contributed by atoms with Crippen molar-refractivity contribution in [3.63, 3.8) is 0 Å². The van der Waals surface area contributed by atoms with Crippen molar-refractivity contribution in [3.05, 3.63) is 33.8 Å². The average molecular weight is 363 g/mol. The van der Waals surface area contributed by atoms with Gasteiger partial charge in [0, 0.05) is 4.47 Å². The predicted molar refractivity (Wildman–Crippen MR) is 74.8 cm³/mol. The van der Waals surface area contributed by atoms with Crippen molar-refractivity contribution in [3.8, 4) is 17.8 Å². The number of benzene rings is 1. The van der Waals surface area contributed by atoms with Gasteiger partial charge < -0.3 is 9.47 Å². The molecule has 0 spiro atoms. The largest absolute Gasteiger partial charge is 0.461 e. The summed E-state index contributed by atoms with van der Waals surface area (Å²) in [4.78, 5) is 11.5. The Morgan fingerprint density at radius 1 is 1.20 bits per heavy atom. The van der Waals surface area contributed by atoms with Crippen molar-refractivity contribution in [1.29, 1.82) is 0 Å².